The zero-order chi connectivity index (χ0) is 20.3. The van der Waals surface area contributed by atoms with Crippen molar-refractivity contribution in [2.24, 2.45) is 11.8 Å². The molecule has 0 saturated heterocycles. The number of hydrogen-bond donors (Lipinski definition) is 3. The number of allylic oxidation sites excluding steroid dienone is 2. The summed E-state index contributed by atoms with van der Waals surface area (Å²) in [6.45, 7) is 3.51. The summed E-state index contributed by atoms with van der Waals surface area (Å²) in [5, 5.41) is 29.2. The second-order valence-electron chi connectivity index (χ2n) is 7.95. The number of aliphatic hydroxyl groups excluding tert-OH is 2. The quantitative estimate of drug-likeness (QED) is 0.337. The third kappa shape index (κ3) is 8.96. The fourth-order valence-electron chi connectivity index (χ4n) is 3.52. The Morgan fingerprint density at radius 2 is 2.00 bits per heavy atom. The topological polar surface area (TPSA) is 94.8 Å². The van der Waals surface area contributed by atoms with E-state index >= 15 is 0 Å². The fourth-order valence-corrected chi connectivity index (χ4v) is 3.52. The van der Waals surface area contributed by atoms with Crippen molar-refractivity contribution < 1.29 is 24.9 Å². The Hall–Kier alpha value is -1.30. The highest BCUT2D eigenvalue weighted by atomic mass is 16.3. The lowest BCUT2D eigenvalue weighted by Gasteiger charge is -2.22. The van der Waals surface area contributed by atoms with E-state index in [0.29, 0.717) is 25.7 Å². The van der Waals surface area contributed by atoms with E-state index in [1.165, 1.54) is 0 Å². The first-order valence-electron chi connectivity index (χ1n) is 10.2. The molecule has 1 aliphatic carbocycles. The van der Waals surface area contributed by atoms with E-state index in [-0.39, 0.29) is 29.8 Å². The van der Waals surface area contributed by atoms with Crippen LogP contribution >= 0.6 is 0 Å². The van der Waals surface area contributed by atoms with Crippen molar-refractivity contribution in [3.8, 4) is 0 Å². The molecule has 1 fully saturated rings. The normalized spacial score (nSPS) is 25.5. The summed E-state index contributed by atoms with van der Waals surface area (Å²) in [4.78, 5) is 23.2. The van der Waals surface area contributed by atoms with Gasteiger partial charge in [-0.2, -0.15) is 0 Å². The molecule has 5 nitrogen and oxygen atoms in total. The molecule has 0 aromatic heterocycles. The van der Waals surface area contributed by atoms with Gasteiger partial charge >= 0.3 is 0 Å². The van der Waals surface area contributed by atoms with Crippen LogP contribution in [-0.2, 0) is 9.59 Å². The van der Waals surface area contributed by atoms with Gasteiger partial charge in [0.1, 0.15) is 12.4 Å². The van der Waals surface area contributed by atoms with Crippen LogP contribution in [0.5, 0.6) is 0 Å². The van der Waals surface area contributed by atoms with Gasteiger partial charge in [-0.05, 0) is 39.0 Å². The lowest BCUT2D eigenvalue weighted by molar-refractivity contribution is -0.122. The molecule has 0 aliphatic heterocycles. The molecule has 3 N–H and O–H groups in total. The molecule has 0 aromatic rings. The predicted octanol–water partition coefficient (Wildman–Crippen LogP) is 3.12. The number of aliphatic hydroxyl groups is 3. The molecule has 5 heteroatoms. The Labute approximate surface area is 163 Å². The zero-order valence-corrected chi connectivity index (χ0v) is 16.8. The second-order valence-corrected chi connectivity index (χ2v) is 7.95. The average Bonchev–Trinajstić information content (AvgIpc) is 2.89. The van der Waals surface area contributed by atoms with Crippen LogP contribution in [0, 0.1) is 11.8 Å². The number of hydrogen-bond acceptors (Lipinski definition) is 5. The monoisotopic (exact) mass is 380 g/mol. The molecule has 0 aromatic carbocycles. The predicted molar refractivity (Wildman–Crippen MR) is 106 cm³/mol. The van der Waals surface area contributed by atoms with E-state index in [9.17, 15) is 19.8 Å². The van der Waals surface area contributed by atoms with E-state index in [1.807, 2.05) is 31.2 Å². The van der Waals surface area contributed by atoms with Crippen molar-refractivity contribution >= 4 is 11.6 Å². The Morgan fingerprint density at radius 1 is 1.26 bits per heavy atom. The van der Waals surface area contributed by atoms with Gasteiger partial charge in [0.05, 0.1) is 11.7 Å². The summed E-state index contributed by atoms with van der Waals surface area (Å²) >= 11 is 0. The van der Waals surface area contributed by atoms with Crippen LogP contribution in [0.2, 0.25) is 0 Å². The van der Waals surface area contributed by atoms with E-state index in [1.54, 1.807) is 0 Å². The van der Waals surface area contributed by atoms with Gasteiger partial charge in [-0.15, -0.1) is 0 Å². The highest BCUT2D eigenvalue weighted by Gasteiger charge is 2.39. The first kappa shape index (κ1) is 23.7. The standard InChI is InChI=1S/C22H36O5/c1-3-4-13-22(2,27)14-9-12-19-18(20(25)15-21(19)26)11-8-6-5-7-10-17(24)16-23/h6,8-9,12,18-19,21,23,26-27H,3-5,7,10-11,13-16H2,1-2H3/b8-6+,12-9+/t18-,19?,21-,22?/m1/s1. The number of unbranched alkanes of at least 4 members (excludes halogenated alkanes) is 2. The van der Waals surface area contributed by atoms with Crippen molar-refractivity contribution in [2.45, 2.75) is 83.3 Å². The minimum Gasteiger partial charge on any atom is -0.392 e. The Balaban J connectivity index is 2.51. The largest absolute Gasteiger partial charge is 0.392 e. The first-order valence-corrected chi connectivity index (χ1v) is 10.2. The molecule has 1 aliphatic rings. The summed E-state index contributed by atoms with van der Waals surface area (Å²) in [6, 6.07) is 0. The molecule has 0 bridgehead atoms. The van der Waals surface area contributed by atoms with Crippen LogP contribution in [0.15, 0.2) is 24.3 Å². The first-order chi connectivity index (χ1) is 12.8. The molecular formula is C22H36O5. The van der Waals surface area contributed by atoms with Crippen LogP contribution in [-0.4, -0.2) is 45.2 Å². The van der Waals surface area contributed by atoms with Gasteiger partial charge in [-0.1, -0.05) is 44.1 Å². The van der Waals surface area contributed by atoms with E-state index in [4.69, 9.17) is 5.11 Å². The Morgan fingerprint density at radius 3 is 2.67 bits per heavy atom. The maximum absolute atomic E-state index is 12.2. The minimum absolute atomic E-state index is 0.0787. The van der Waals surface area contributed by atoms with Crippen LogP contribution in [0.1, 0.15) is 71.6 Å². The molecule has 0 heterocycles. The van der Waals surface area contributed by atoms with E-state index in [2.05, 4.69) is 6.92 Å². The number of carbonyl (C=O) groups excluding carboxylic acids is 2. The van der Waals surface area contributed by atoms with Gasteiger partial charge < -0.3 is 15.3 Å². The second kappa shape index (κ2) is 12.2. The van der Waals surface area contributed by atoms with Crippen LogP contribution in [0.25, 0.3) is 0 Å². The highest BCUT2D eigenvalue weighted by Crippen LogP contribution is 2.33. The van der Waals surface area contributed by atoms with Crippen LogP contribution in [0.3, 0.4) is 0 Å². The maximum atomic E-state index is 12.2. The average molecular weight is 381 g/mol. The van der Waals surface area contributed by atoms with E-state index in [0.717, 1.165) is 25.7 Å². The number of carbonyl (C=O) groups is 2. The van der Waals surface area contributed by atoms with Gasteiger partial charge in [-0.25, -0.2) is 0 Å². The lowest BCUT2D eigenvalue weighted by atomic mass is 9.89. The van der Waals surface area contributed by atoms with Gasteiger partial charge in [0, 0.05) is 24.7 Å². The summed E-state index contributed by atoms with van der Waals surface area (Å²) < 4.78 is 0. The van der Waals surface area contributed by atoms with Crippen molar-refractivity contribution in [3.63, 3.8) is 0 Å². The number of Topliss-reactive ketones (excluding diaryl/α,β-unsaturated/α-hetero) is 2. The molecule has 154 valence electrons. The van der Waals surface area contributed by atoms with Crippen molar-refractivity contribution in [3.05, 3.63) is 24.3 Å². The van der Waals surface area contributed by atoms with Crippen molar-refractivity contribution in [2.75, 3.05) is 6.61 Å². The number of rotatable bonds is 13. The molecule has 4 atom stereocenters. The molecule has 2 unspecified atom stereocenters. The lowest BCUT2D eigenvalue weighted by Crippen LogP contribution is -2.23. The summed E-state index contributed by atoms with van der Waals surface area (Å²) in [5.41, 5.74) is -0.749. The SMILES string of the molecule is CCCCC(C)(O)C/C=C/C1[C@H](O)CC(=O)[C@@H]1C/C=C/CCCC(=O)CO. The summed E-state index contributed by atoms with van der Waals surface area (Å²) in [7, 11) is 0. The molecule has 27 heavy (non-hydrogen) atoms. The van der Waals surface area contributed by atoms with Gasteiger partial charge in [0.2, 0.25) is 0 Å². The third-order valence-electron chi connectivity index (χ3n) is 5.28. The van der Waals surface area contributed by atoms with Gasteiger partial charge in [-0.3, -0.25) is 9.59 Å². The molecule has 1 saturated carbocycles. The smallest absolute Gasteiger partial charge is 0.158 e. The zero-order valence-electron chi connectivity index (χ0n) is 16.8. The third-order valence-corrected chi connectivity index (χ3v) is 5.28. The minimum atomic E-state index is -0.749. The molecule has 0 amide bonds. The molecular weight excluding hydrogens is 344 g/mol. The van der Waals surface area contributed by atoms with Crippen LogP contribution < -0.4 is 0 Å². The highest BCUT2D eigenvalue weighted by molar-refractivity contribution is 5.84. The van der Waals surface area contributed by atoms with E-state index < -0.39 is 18.3 Å². The summed E-state index contributed by atoms with van der Waals surface area (Å²) in [6.07, 6.45) is 12.9. The van der Waals surface area contributed by atoms with Crippen molar-refractivity contribution in [1.82, 2.24) is 0 Å². The van der Waals surface area contributed by atoms with Gasteiger partial charge in [0.25, 0.3) is 0 Å². The Kier molecular flexibility index (Phi) is 10.7. The fraction of sp³-hybridized carbons (Fsp3) is 0.727. The Bertz CT molecular complexity index is 521. The van der Waals surface area contributed by atoms with Gasteiger partial charge in [0.15, 0.2) is 5.78 Å². The van der Waals surface area contributed by atoms with Crippen LogP contribution in [0.4, 0.5) is 0 Å². The molecule has 1 rings (SSSR count). The maximum Gasteiger partial charge on any atom is 0.158 e. The molecule has 0 radical (unpaired) electrons. The van der Waals surface area contributed by atoms with Crippen molar-refractivity contribution in [1.29, 1.82) is 0 Å². The summed E-state index contributed by atoms with van der Waals surface area (Å²) in [5.74, 6) is -0.514. The number of ketones is 2. The molecule has 0 spiro atoms.